The van der Waals surface area contributed by atoms with Crippen LogP contribution in [-0.2, 0) is 0 Å². The Labute approximate surface area is 194 Å². The van der Waals surface area contributed by atoms with Gasteiger partial charge in [-0.1, -0.05) is 30.3 Å². The predicted octanol–water partition coefficient (Wildman–Crippen LogP) is 4.82. The van der Waals surface area contributed by atoms with Crippen LogP contribution >= 0.6 is 0 Å². The molecule has 1 aliphatic carbocycles. The molecule has 1 aromatic carbocycles. The lowest BCUT2D eigenvalue weighted by Gasteiger charge is -2.33. The van der Waals surface area contributed by atoms with Gasteiger partial charge in [-0.05, 0) is 61.9 Å². The highest BCUT2D eigenvalue weighted by molar-refractivity contribution is 5.95. The van der Waals surface area contributed by atoms with E-state index in [4.69, 9.17) is 9.97 Å². The van der Waals surface area contributed by atoms with E-state index >= 15 is 0 Å². The molecular weight excluding hydrogens is 408 g/mol. The van der Waals surface area contributed by atoms with Crippen molar-refractivity contribution in [2.75, 3.05) is 25.0 Å². The third kappa shape index (κ3) is 3.85. The summed E-state index contributed by atoms with van der Waals surface area (Å²) in [6, 6.07) is 12.8. The zero-order valence-electron chi connectivity index (χ0n) is 18.9. The summed E-state index contributed by atoms with van der Waals surface area (Å²) in [4.78, 5) is 21.7. The van der Waals surface area contributed by atoms with Gasteiger partial charge >= 0.3 is 0 Å². The highest BCUT2D eigenvalue weighted by Crippen LogP contribution is 2.45. The van der Waals surface area contributed by atoms with E-state index in [9.17, 15) is 0 Å². The summed E-state index contributed by atoms with van der Waals surface area (Å²) >= 11 is 0. The maximum absolute atomic E-state index is 5.24. The van der Waals surface area contributed by atoms with Crippen LogP contribution in [0.2, 0.25) is 0 Å². The normalized spacial score (nSPS) is 16.8. The zero-order chi connectivity index (χ0) is 22.2. The number of hydrogen-bond donors (Lipinski definition) is 1. The highest BCUT2D eigenvalue weighted by atomic mass is 15.2. The molecule has 33 heavy (non-hydrogen) atoms. The number of nitrogens with zero attached hydrogens (tertiary/aromatic N) is 5. The average Bonchev–Trinajstić information content (AvgIpc) is 3.74. The van der Waals surface area contributed by atoms with Gasteiger partial charge in [0.05, 0.1) is 11.7 Å². The van der Waals surface area contributed by atoms with Crippen LogP contribution < -0.4 is 10.2 Å². The van der Waals surface area contributed by atoms with Gasteiger partial charge in [-0.15, -0.1) is 0 Å². The monoisotopic (exact) mass is 436 g/mol. The Balaban J connectivity index is 1.55. The number of rotatable bonds is 5. The first-order valence-electron chi connectivity index (χ1n) is 11.9. The summed E-state index contributed by atoms with van der Waals surface area (Å²) in [6.45, 7) is 2.09. The minimum Gasteiger partial charge on any atom is -0.356 e. The number of benzene rings is 1. The van der Waals surface area contributed by atoms with Crippen molar-refractivity contribution in [1.82, 2.24) is 25.3 Å². The first kappa shape index (κ1) is 20.2. The lowest BCUT2D eigenvalue weighted by Crippen LogP contribution is -2.41. The van der Waals surface area contributed by atoms with Gasteiger partial charge in [-0.3, -0.25) is 9.97 Å². The first-order chi connectivity index (χ1) is 16.3. The molecule has 2 aliphatic rings. The fraction of sp³-hybridized carbons (Fsp3) is 0.333. The topological polar surface area (TPSA) is 66.8 Å². The molecule has 1 N–H and O–H groups in total. The van der Waals surface area contributed by atoms with Crippen molar-refractivity contribution in [2.24, 2.45) is 0 Å². The predicted molar refractivity (Wildman–Crippen MR) is 132 cm³/mol. The maximum atomic E-state index is 5.24. The quantitative estimate of drug-likeness (QED) is 0.484. The van der Waals surface area contributed by atoms with E-state index in [1.807, 2.05) is 36.9 Å². The number of nitrogens with one attached hydrogen (secondary N) is 1. The molecule has 4 heterocycles. The molecule has 1 saturated carbocycles. The molecule has 1 aliphatic heterocycles. The fourth-order valence-corrected chi connectivity index (χ4v) is 4.97. The molecule has 6 nitrogen and oxygen atoms in total. The van der Waals surface area contributed by atoms with Crippen molar-refractivity contribution in [1.29, 1.82) is 0 Å². The number of fused-ring (bicyclic) bond motifs is 1. The number of hydrogen-bond acceptors (Lipinski definition) is 6. The van der Waals surface area contributed by atoms with Crippen molar-refractivity contribution in [3.8, 4) is 22.5 Å². The molecule has 0 bridgehead atoms. The Morgan fingerprint density at radius 3 is 2.45 bits per heavy atom. The van der Waals surface area contributed by atoms with Gasteiger partial charge in [0.15, 0.2) is 5.82 Å². The van der Waals surface area contributed by atoms with Crippen LogP contribution in [0, 0.1) is 0 Å². The SMILES string of the molecule is CN(c1nc(-c2ccncc2-c2ccccc2)nc2cncc(C3CC3)c12)C1CCNCC1. The van der Waals surface area contributed by atoms with Gasteiger partial charge in [-0.25, -0.2) is 9.97 Å². The van der Waals surface area contributed by atoms with E-state index in [2.05, 4.69) is 51.5 Å². The highest BCUT2D eigenvalue weighted by Gasteiger charge is 2.30. The van der Waals surface area contributed by atoms with Crippen LogP contribution in [0.3, 0.4) is 0 Å². The van der Waals surface area contributed by atoms with Gasteiger partial charge < -0.3 is 10.2 Å². The fourth-order valence-electron chi connectivity index (χ4n) is 4.97. The number of aromatic nitrogens is 4. The number of piperidine rings is 1. The van der Waals surface area contributed by atoms with E-state index in [1.165, 1.54) is 23.8 Å². The molecule has 166 valence electrons. The smallest absolute Gasteiger partial charge is 0.162 e. The largest absolute Gasteiger partial charge is 0.356 e. The summed E-state index contributed by atoms with van der Waals surface area (Å²) in [5.41, 5.74) is 5.38. The van der Waals surface area contributed by atoms with Gasteiger partial charge in [-0.2, -0.15) is 0 Å². The lowest BCUT2D eigenvalue weighted by atomic mass is 10.0. The molecule has 6 rings (SSSR count). The summed E-state index contributed by atoms with van der Waals surface area (Å²) < 4.78 is 0. The van der Waals surface area contributed by atoms with E-state index < -0.39 is 0 Å². The van der Waals surface area contributed by atoms with Gasteiger partial charge in [0.25, 0.3) is 0 Å². The lowest BCUT2D eigenvalue weighted by molar-refractivity contribution is 0.442. The molecule has 0 unspecified atom stereocenters. The Hall–Kier alpha value is -3.38. The summed E-state index contributed by atoms with van der Waals surface area (Å²) in [7, 11) is 2.20. The molecule has 2 fully saturated rings. The van der Waals surface area contributed by atoms with Crippen molar-refractivity contribution in [2.45, 2.75) is 37.6 Å². The molecule has 4 aromatic rings. The van der Waals surface area contributed by atoms with E-state index in [0.29, 0.717) is 12.0 Å². The van der Waals surface area contributed by atoms with Gasteiger partial charge in [0.2, 0.25) is 0 Å². The Bertz CT molecular complexity index is 1280. The Morgan fingerprint density at radius 1 is 0.848 bits per heavy atom. The van der Waals surface area contributed by atoms with E-state index in [0.717, 1.165) is 59.8 Å². The minimum absolute atomic E-state index is 0.462. The van der Waals surface area contributed by atoms with Crippen molar-refractivity contribution >= 4 is 16.7 Å². The standard InChI is InChI=1S/C27H28N6/c1-33(20-9-12-28-13-10-20)27-25-23(19-7-8-19)16-30-17-24(25)31-26(32-27)21-11-14-29-15-22(21)18-5-3-2-4-6-18/h2-6,11,14-17,19-20,28H,7-10,12-13H2,1H3. The second kappa shape index (κ2) is 8.52. The number of anilines is 1. The molecule has 1 saturated heterocycles. The van der Waals surface area contributed by atoms with E-state index in [1.54, 1.807) is 0 Å². The van der Waals surface area contributed by atoms with Crippen LogP contribution in [0.4, 0.5) is 5.82 Å². The maximum Gasteiger partial charge on any atom is 0.162 e. The van der Waals surface area contributed by atoms with Crippen molar-refractivity contribution in [3.05, 3.63) is 66.7 Å². The second-order valence-corrected chi connectivity index (χ2v) is 9.15. The third-order valence-electron chi connectivity index (χ3n) is 6.97. The van der Waals surface area contributed by atoms with Crippen LogP contribution in [0.25, 0.3) is 33.4 Å². The third-order valence-corrected chi connectivity index (χ3v) is 6.97. The van der Waals surface area contributed by atoms with Crippen LogP contribution in [0.15, 0.2) is 61.2 Å². The molecular formula is C27H28N6. The van der Waals surface area contributed by atoms with Crippen LogP contribution in [-0.4, -0.2) is 46.1 Å². The molecule has 0 spiro atoms. The summed E-state index contributed by atoms with van der Waals surface area (Å²) in [5.74, 6) is 2.34. The molecule has 3 aromatic heterocycles. The molecule has 6 heteroatoms. The van der Waals surface area contributed by atoms with Crippen molar-refractivity contribution < 1.29 is 0 Å². The molecule has 0 atom stereocenters. The van der Waals surface area contributed by atoms with Gasteiger partial charge in [0, 0.05) is 48.2 Å². The zero-order valence-corrected chi connectivity index (χ0v) is 18.9. The number of pyridine rings is 2. The summed E-state index contributed by atoms with van der Waals surface area (Å²) in [5, 5.41) is 4.66. The Kier molecular flexibility index (Phi) is 5.23. The summed E-state index contributed by atoms with van der Waals surface area (Å²) in [6.07, 6.45) is 12.3. The van der Waals surface area contributed by atoms with Gasteiger partial charge in [0.1, 0.15) is 5.82 Å². The average molecular weight is 437 g/mol. The first-order valence-corrected chi connectivity index (χ1v) is 11.9. The molecule has 0 radical (unpaired) electrons. The van der Waals surface area contributed by atoms with Crippen LogP contribution in [0.5, 0.6) is 0 Å². The Morgan fingerprint density at radius 2 is 1.67 bits per heavy atom. The van der Waals surface area contributed by atoms with Crippen molar-refractivity contribution in [3.63, 3.8) is 0 Å². The van der Waals surface area contributed by atoms with Crippen LogP contribution in [0.1, 0.15) is 37.2 Å². The minimum atomic E-state index is 0.462. The molecule has 0 amide bonds. The van der Waals surface area contributed by atoms with E-state index in [-0.39, 0.29) is 0 Å². The second-order valence-electron chi connectivity index (χ2n) is 9.15.